The van der Waals surface area contributed by atoms with E-state index in [4.69, 9.17) is 4.55 Å². The van der Waals surface area contributed by atoms with Crippen molar-refractivity contribution in [1.82, 2.24) is 5.32 Å². The lowest BCUT2D eigenvalue weighted by atomic mass is 10.1. The minimum absolute atomic E-state index is 0.144. The van der Waals surface area contributed by atoms with Crippen LogP contribution in [0.4, 0.5) is 0 Å². The molecule has 5 nitrogen and oxygen atoms in total. The molecule has 22 heavy (non-hydrogen) atoms. The van der Waals surface area contributed by atoms with Crippen molar-refractivity contribution in [3.8, 4) is 0 Å². The summed E-state index contributed by atoms with van der Waals surface area (Å²) >= 11 is 0. The monoisotopic (exact) mass is 333 g/mol. The molecule has 0 atom stereocenters. The Hall–Kier alpha value is -0.880. The molecule has 0 bridgehead atoms. The molecule has 0 rings (SSSR count). The summed E-state index contributed by atoms with van der Waals surface area (Å²) in [4.78, 5) is 11.4. The average molecular weight is 333 g/mol. The van der Waals surface area contributed by atoms with Crippen LogP contribution in [0.25, 0.3) is 0 Å². The number of hydrogen-bond donors (Lipinski definition) is 2. The first kappa shape index (κ1) is 21.1. The lowest BCUT2D eigenvalue weighted by Crippen LogP contribution is -2.22. The molecule has 0 aromatic carbocycles. The largest absolute Gasteiger partial charge is 0.353 e. The second kappa shape index (κ2) is 13.8. The maximum atomic E-state index is 11.4. The van der Waals surface area contributed by atoms with E-state index in [-0.39, 0.29) is 11.7 Å². The molecule has 0 aliphatic heterocycles. The lowest BCUT2D eigenvalue weighted by Gasteiger charge is -2.01. The average Bonchev–Trinajstić information content (AvgIpc) is 2.44. The van der Waals surface area contributed by atoms with Gasteiger partial charge in [-0.05, 0) is 31.8 Å². The van der Waals surface area contributed by atoms with Crippen molar-refractivity contribution in [2.75, 3.05) is 12.3 Å². The van der Waals surface area contributed by atoms with E-state index in [1.54, 1.807) is 6.08 Å². The minimum Gasteiger partial charge on any atom is -0.353 e. The van der Waals surface area contributed by atoms with Gasteiger partial charge in [0.25, 0.3) is 10.1 Å². The van der Waals surface area contributed by atoms with Crippen LogP contribution in [0.15, 0.2) is 12.2 Å². The van der Waals surface area contributed by atoms with Crippen molar-refractivity contribution in [2.24, 2.45) is 0 Å². The smallest absolute Gasteiger partial charge is 0.264 e. The van der Waals surface area contributed by atoms with E-state index >= 15 is 0 Å². The highest BCUT2D eigenvalue weighted by Gasteiger charge is 2.03. The van der Waals surface area contributed by atoms with Crippen LogP contribution in [0.2, 0.25) is 0 Å². The molecule has 0 heterocycles. The minimum atomic E-state index is -3.88. The Labute approximate surface area is 135 Å². The van der Waals surface area contributed by atoms with Gasteiger partial charge in [0.05, 0.1) is 5.75 Å². The van der Waals surface area contributed by atoms with Crippen LogP contribution in [0.3, 0.4) is 0 Å². The molecule has 0 aromatic heterocycles. The maximum Gasteiger partial charge on any atom is 0.264 e. The highest BCUT2D eigenvalue weighted by molar-refractivity contribution is 7.85. The molecule has 0 fully saturated rings. The fourth-order valence-electron chi connectivity index (χ4n) is 2.09. The second-order valence-electron chi connectivity index (χ2n) is 5.60. The number of allylic oxidation sites excluding steroid dienone is 1. The molecule has 1 amide bonds. The fraction of sp³-hybridized carbons (Fsp3) is 0.812. The second-order valence-corrected chi connectivity index (χ2v) is 7.17. The number of carbonyl (C=O) groups is 1. The Balaban J connectivity index is 3.40. The number of carbonyl (C=O) groups excluding carboxylic acids is 1. The van der Waals surface area contributed by atoms with Crippen LogP contribution in [0, 0.1) is 0 Å². The third-order valence-electron chi connectivity index (χ3n) is 3.37. The van der Waals surface area contributed by atoms with Gasteiger partial charge in [-0.2, -0.15) is 8.42 Å². The van der Waals surface area contributed by atoms with Gasteiger partial charge in [0, 0.05) is 6.54 Å². The van der Waals surface area contributed by atoms with E-state index in [1.807, 2.05) is 6.08 Å². The summed E-state index contributed by atoms with van der Waals surface area (Å²) in [5, 5.41) is 2.69. The van der Waals surface area contributed by atoms with Gasteiger partial charge >= 0.3 is 0 Å². The van der Waals surface area contributed by atoms with Gasteiger partial charge in [0.15, 0.2) is 0 Å². The molecule has 2 N–H and O–H groups in total. The highest BCUT2D eigenvalue weighted by atomic mass is 32.2. The third kappa shape index (κ3) is 17.2. The van der Waals surface area contributed by atoms with Crippen molar-refractivity contribution < 1.29 is 17.8 Å². The Kier molecular flexibility index (Phi) is 13.2. The SMILES string of the molecule is CCCCCCCCC/C=C/C(=O)NCCCCS(=O)(=O)O. The first-order valence-corrected chi connectivity index (χ1v) is 9.96. The molecule has 0 aliphatic rings. The summed E-state index contributed by atoms with van der Waals surface area (Å²) < 4.78 is 29.5. The van der Waals surface area contributed by atoms with Gasteiger partial charge in [-0.15, -0.1) is 0 Å². The predicted octanol–water partition coefficient (Wildman–Crippen LogP) is 3.47. The van der Waals surface area contributed by atoms with E-state index in [9.17, 15) is 13.2 Å². The van der Waals surface area contributed by atoms with Crippen LogP contribution >= 0.6 is 0 Å². The van der Waals surface area contributed by atoms with Crippen LogP contribution in [-0.2, 0) is 14.9 Å². The van der Waals surface area contributed by atoms with Crippen molar-refractivity contribution >= 4 is 16.0 Å². The molecule has 0 aromatic rings. The van der Waals surface area contributed by atoms with Crippen LogP contribution < -0.4 is 5.32 Å². The van der Waals surface area contributed by atoms with E-state index < -0.39 is 10.1 Å². The normalized spacial score (nSPS) is 11.9. The Morgan fingerprint density at radius 2 is 1.64 bits per heavy atom. The molecule has 0 saturated heterocycles. The zero-order chi connectivity index (χ0) is 16.7. The molecule has 0 saturated carbocycles. The zero-order valence-electron chi connectivity index (χ0n) is 13.7. The molecule has 0 aliphatic carbocycles. The summed E-state index contributed by atoms with van der Waals surface area (Å²) in [6.45, 7) is 2.64. The van der Waals surface area contributed by atoms with E-state index in [2.05, 4.69) is 12.2 Å². The topological polar surface area (TPSA) is 83.5 Å². The van der Waals surface area contributed by atoms with Crippen LogP contribution in [0.1, 0.15) is 71.1 Å². The number of nitrogens with one attached hydrogen (secondary N) is 1. The summed E-state index contributed by atoms with van der Waals surface area (Å²) in [5.74, 6) is -0.397. The summed E-state index contributed by atoms with van der Waals surface area (Å²) in [7, 11) is -3.88. The number of hydrogen-bond acceptors (Lipinski definition) is 3. The van der Waals surface area contributed by atoms with Gasteiger partial charge < -0.3 is 5.32 Å². The van der Waals surface area contributed by atoms with Crippen LogP contribution in [0.5, 0.6) is 0 Å². The standard InChI is InChI=1S/C16H31NO4S/c1-2-3-4-5-6-7-8-9-10-13-16(18)17-14-11-12-15-22(19,20)21/h10,13H,2-9,11-12,14-15H2,1H3,(H,17,18)(H,19,20,21)/b13-10+. The quantitative estimate of drug-likeness (QED) is 0.290. The van der Waals surface area contributed by atoms with E-state index in [0.717, 1.165) is 12.8 Å². The Morgan fingerprint density at radius 1 is 1.00 bits per heavy atom. The fourth-order valence-corrected chi connectivity index (χ4v) is 2.66. The maximum absolute atomic E-state index is 11.4. The molecular formula is C16H31NO4S. The molecule has 0 radical (unpaired) electrons. The first-order valence-electron chi connectivity index (χ1n) is 8.35. The number of unbranched alkanes of at least 4 members (excludes halogenated alkanes) is 8. The summed E-state index contributed by atoms with van der Waals surface area (Å²) in [5.41, 5.74) is 0. The van der Waals surface area contributed by atoms with Crippen LogP contribution in [-0.4, -0.2) is 31.2 Å². The van der Waals surface area contributed by atoms with E-state index in [0.29, 0.717) is 19.4 Å². The van der Waals surface area contributed by atoms with Crippen molar-refractivity contribution in [1.29, 1.82) is 0 Å². The molecule has 6 heteroatoms. The predicted molar refractivity (Wildman–Crippen MR) is 90.4 cm³/mol. The highest BCUT2D eigenvalue weighted by Crippen LogP contribution is 2.08. The Morgan fingerprint density at radius 3 is 2.27 bits per heavy atom. The van der Waals surface area contributed by atoms with Gasteiger partial charge in [0.2, 0.25) is 5.91 Å². The third-order valence-corrected chi connectivity index (χ3v) is 4.18. The first-order chi connectivity index (χ1) is 10.5. The van der Waals surface area contributed by atoms with Crippen molar-refractivity contribution in [2.45, 2.75) is 71.1 Å². The van der Waals surface area contributed by atoms with Crippen molar-refractivity contribution in [3.63, 3.8) is 0 Å². The zero-order valence-corrected chi connectivity index (χ0v) is 14.5. The molecular weight excluding hydrogens is 302 g/mol. The summed E-state index contributed by atoms with van der Waals surface area (Å²) in [6, 6.07) is 0. The van der Waals surface area contributed by atoms with Gasteiger partial charge in [-0.3, -0.25) is 9.35 Å². The molecule has 130 valence electrons. The molecule has 0 spiro atoms. The van der Waals surface area contributed by atoms with Gasteiger partial charge in [0.1, 0.15) is 0 Å². The Bertz CT molecular complexity index is 404. The van der Waals surface area contributed by atoms with E-state index in [1.165, 1.54) is 38.5 Å². The number of rotatable bonds is 14. The summed E-state index contributed by atoms with van der Waals surface area (Å²) in [6.07, 6.45) is 14.1. The van der Waals surface area contributed by atoms with Gasteiger partial charge in [-0.1, -0.05) is 51.5 Å². The number of amides is 1. The lowest BCUT2D eigenvalue weighted by molar-refractivity contribution is -0.116. The molecule has 0 unspecified atom stereocenters. The van der Waals surface area contributed by atoms with Gasteiger partial charge in [-0.25, -0.2) is 0 Å². The van der Waals surface area contributed by atoms with Crippen molar-refractivity contribution in [3.05, 3.63) is 12.2 Å².